The first kappa shape index (κ1) is 15.2. The molecule has 7 heteroatoms. The van der Waals surface area contributed by atoms with Crippen molar-refractivity contribution in [3.05, 3.63) is 82.2 Å². The van der Waals surface area contributed by atoms with Crippen LogP contribution in [0.4, 0.5) is 11.4 Å². The van der Waals surface area contributed by atoms with Crippen molar-refractivity contribution in [2.24, 2.45) is 0 Å². The Balaban J connectivity index is 1.88. The first-order chi connectivity index (χ1) is 11.7. The summed E-state index contributed by atoms with van der Waals surface area (Å²) in [7, 11) is 0. The summed E-state index contributed by atoms with van der Waals surface area (Å²) in [6, 6.07) is 15.8. The standard InChI is InChI=1S/C17H13N5O2/c18-11-13-6-7-15(17(10-13)22(23)24)19-12-14-4-1-2-5-16(14)21-9-3-8-20-21/h1-10,19H,12H2. The minimum atomic E-state index is -0.497. The molecular formula is C17H13N5O2. The van der Waals surface area contributed by atoms with Crippen LogP contribution in [0.15, 0.2) is 60.9 Å². The van der Waals surface area contributed by atoms with Gasteiger partial charge in [-0.05, 0) is 29.8 Å². The number of aromatic nitrogens is 2. The molecule has 7 nitrogen and oxygen atoms in total. The highest BCUT2D eigenvalue weighted by atomic mass is 16.6. The molecule has 0 unspecified atom stereocenters. The van der Waals surface area contributed by atoms with Crippen molar-refractivity contribution in [1.29, 1.82) is 5.26 Å². The second-order valence-corrected chi connectivity index (χ2v) is 5.03. The first-order valence-corrected chi connectivity index (χ1v) is 7.19. The maximum Gasteiger partial charge on any atom is 0.293 e. The number of nitriles is 1. The Morgan fingerprint density at radius 3 is 2.79 bits per heavy atom. The summed E-state index contributed by atoms with van der Waals surface area (Å²) in [6.45, 7) is 0.392. The summed E-state index contributed by atoms with van der Waals surface area (Å²) in [4.78, 5) is 10.7. The Labute approximate surface area is 137 Å². The molecule has 1 aromatic heterocycles. The van der Waals surface area contributed by atoms with Crippen LogP contribution < -0.4 is 5.32 Å². The Morgan fingerprint density at radius 1 is 1.25 bits per heavy atom. The molecule has 3 aromatic rings. The molecule has 1 heterocycles. The van der Waals surface area contributed by atoms with E-state index in [1.165, 1.54) is 6.07 Å². The highest BCUT2D eigenvalue weighted by Crippen LogP contribution is 2.26. The van der Waals surface area contributed by atoms with Gasteiger partial charge >= 0.3 is 0 Å². The van der Waals surface area contributed by atoms with Crippen LogP contribution in [0.25, 0.3) is 5.69 Å². The topological polar surface area (TPSA) is 96.8 Å². The molecule has 24 heavy (non-hydrogen) atoms. The molecule has 0 atom stereocenters. The van der Waals surface area contributed by atoms with Crippen LogP contribution in [0.1, 0.15) is 11.1 Å². The lowest BCUT2D eigenvalue weighted by Gasteiger charge is -2.12. The second kappa shape index (κ2) is 6.62. The average molecular weight is 319 g/mol. The van der Waals surface area contributed by atoms with Gasteiger partial charge in [0.15, 0.2) is 0 Å². The Bertz CT molecular complexity index is 913. The molecule has 0 radical (unpaired) electrons. The number of hydrogen-bond acceptors (Lipinski definition) is 5. The number of nitro groups is 1. The predicted octanol–water partition coefficient (Wildman–Crippen LogP) is 3.26. The van der Waals surface area contributed by atoms with Crippen LogP contribution in [0, 0.1) is 21.4 Å². The number of nitro benzene ring substituents is 1. The zero-order chi connectivity index (χ0) is 16.9. The SMILES string of the molecule is N#Cc1ccc(NCc2ccccc2-n2cccn2)c([N+](=O)[O-])c1. The highest BCUT2D eigenvalue weighted by molar-refractivity contribution is 5.64. The third-order valence-corrected chi connectivity index (χ3v) is 3.54. The summed E-state index contributed by atoms with van der Waals surface area (Å²) in [6.07, 6.45) is 3.53. The quantitative estimate of drug-likeness (QED) is 0.575. The maximum atomic E-state index is 11.2. The van der Waals surface area contributed by atoms with Crippen LogP contribution in [-0.4, -0.2) is 14.7 Å². The summed E-state index contributed by atoms with van der Waals surface area (Å²) in [5.41, 5.74) is 2.34. The summed E-state index contributed by atoms with van der Waals surface area (Å²) < 4.78 is 1.74. The second-order valence-electron chi connectivity index (χ2n) is 5.03. The van der Waals surface area contributed by atoms with Gasteiger partial charge in [-0.2, -0.15) is 10.4 Å². The molecule has 2 aromatic carbocycles. The summed E-state index contributed by atoms with van der Waals surface area (Å²) in [5.74, 6) is 0. The van der Waals surface area contributed by atoms with E-state index in [0.29, 0.717) is 12.2 Å². The molecule has 0 saturated carbocycles. The van der Waals surface area contributed by atoms with E-state index in [2.05, 4.69) is 10.4 Å². The van der Waals surface area contributed by atoms with E-state index in [1.807, 2.05) is 42.6 Å². The van der Waals surface area contributed by atoms with Crippen LogP contribution in [0.2, 0.25) is 0 Å². The van der Waals surface area contributed by atoms with E-state index >= 15 is 0 Å². The minimum Gasteiger partial charge on any atom is -0.375 e. The van der Waals surface area contributed by atoms with E-state index < -0.39 is 4.92 Å². The van der Waals surface area contributed by atoms with Crippen LogP contribution in [-0.2, 0) is 6.54 Å². The number of benzene rings is 2. The van der Waals surface area contributed by atoms with Gasteiger partial charge in [-0.1, -0.05) is 18.2 Å². The fraction of sp³-hybridized carbons (Fsp3) is 0.0588. The van der Waals surface area contributed by atoms with Crippen molar-refractivity contribution in [2.75, 3.05) is 5.32 Å². The number of nitrogens with one attached hydrogen (secondary N) is 1. The molecule has 0 spiro atoms. The Kier molecular flexibility index (Phi) is 4.21. The normalized spacial score (nSPS) is 10.1. The van der Waals surface area contributed by atoms with Gasteiger partial charge < -0.3 is 5.32 Å². The third kappa shape index (κ3) is 3.08. The molecule has 0 fully saturated rings. The molecule has 118 valence electrons. The van der Waals surface area contributed by atoms with E-state index in [1.54, 1.807) is 23.0 Å². The van der Waals surface area contributed by atoms with Crippen molar-refractivity contribution < 1.29 is 4.92 Å². The molecule has 3 rings (SSSR count). The number of para-hydroxylation sites is 1. The Hall–Kier alpha value is -3.66. The van der Waals surface area contributed by atoms with Gasteiger partial charge in [0.1, 0.15) is 5.69 Å². The monoisotopic (exact) mass is 319 g/mol. The fourth-order valence-corrected chi connectivity index (χ4v) is 2.39. The van der Waals surface area contributed by atoms with Gasteiger partial charge in [0.2, 0.25) is 0 Å². The van der Waals surface area contributed by atoms with Crippen LogP contribution >= 0.6 is 0 Å². The lowest BCUT2D eigenvalue weighted by Crippen LogP contribution is -2.07. The van der Waals surface area contributed by atoms with Crippen LogP contribution in [0.3, 0.4) is 0 Å². The summed E-state index contributed by atoms with van der Waals surface area (Å²) >= 11 is 0. The van der Waals surface area contributed by atoms with Gasteiger partial charge in [0, 0.05) is 25.0 Å². The van der Waals surface area contributed by atoms with E-state index in [-0.39, 0.29) is 11.3 Å². The first-order valence-electron chi connectivity index (χ1n) is 7.19. The third-order valence-electron chi connectivity index (χ3n) is 3.54. The van der Waals surface area contributed by atoms with Gasteiger partial charge in [-0.3, -0.25) is 10.1 Å². The number of rotatable bonds is 5. The largest absolute Gasteiger partial charge is 0.375 e. The van der Waals surface area contributed by atoms with E-state index in [4.69, 9.17) is 5.26 Å². The molecule has 1 N–H and O–H groups in total. The van der Waals surface area contributed by atoms with Crippen molar-refractivity contribution in [1.82, 2.24) is 9.78 Å². The van der Waals surface area contributed by atoms with Crippen molar-refractivity contribution in [3.63, 3.8) is 0 Å². The van der Waals surface area contributed by atoms with Crippen molar-refractivity contribution >= 4 is 11.4 Å². The van der Waals surface area contributed by atoms with Crippen molar-refractivity contribution in [3.8, 4) is 11.8 Å². The molecule has 0 bridgehead atoms. The predicted molar refractivity (Wildman–Crippen MR) is 88.7 cm³/mol. The fourth-order valence-electron chi connectivity index (χ4n) is 2.39. The molecule has 0 aliphatic rings. The number of anilines is 1. The van der Waals surface area contributed by atoms with Gasteiger partial charge in [-0.25, -0.2) is 4.68 Å². The molecule has 0 aliphatic heterocycles. The molecule has 0 amide bonds. The highest BCUT2D eigenvalue weighted by Gasteiger charge is 2.15. The summed E-state index contributed by atoms with van der Waals surface area (Å²) in [5, 5.41) is 27.4. The Morgan fingerprint density at radius 2 is 2.08 bits per heavy atom. The average Bonchev–Trinajstić information content (AvgIpc) is 3.14. The minimum absolute atomic E-state index is 0.120. The van der Waals surface area contributed by atoms with Crippen LogP contribution in [0.5, 0.6) is 0 Å². The van der Waals surface area contributed by atoms with Crippen molar-refractivity contribution in [2.45, 2.75) is 6.54 Å². The number of hydrogen-bond donors (Lipinski definition) is 1. The van der Waals surface area contributed by atoms with Gasteiger partial charge in [0.25, 0.3) is 5.69 Å². The van der Waals surface area contributed by atoms with Gasteiger partial charge in [0.05, 0.1) is 22.2 Å². The molecule has 0 saturated heterocycles. The van der Waals surface area contributed by atoms with E-state index in [0.717, 1.165) is 11.3 Å². The zero-order valence-corrected chi connectivity index (χ0v) is 12.6. The maximum absolute atomic E-state index is 11.2. The lowest BCUT2D eigenvalue weighted by atomic mass is 10.1. The van der Waals surface area contributed by atoms with Gasteiger partial charge in [-0.15, -0.1) is 0 Å². The number of nitrogens with zero attached hydrogens (tertiary/aromatic N) is 4. The smallest absolute Gasteiger partial charge is 0.293 e. The van der Waals surface area contributed by atoms with E-state index in [9.17, 15) is 10.1 Å². The molecular weight excluding hydrogens is 306 g/mol. The lowest BCUT2D eigenvalue weighted by molar-refractivity contribution is -0.384. The molecule has 0 aliphatic carbocycles. The zero-order valence-electron chi connectivity index (χ0n) is 12.6.